The van der Waals surface area contributed by atoms with E-state index in [1.54, 1.807) is 19.2 Å². The summed E-state index contributed by atoms with van der Waals surface area (Å²) < 4.78 is 0.675. The van der Waals surface area contributed by atoms with Gasteiger partial charge in [0, 0.05) is 37.4 Å². The van der Waals surface area contributed by atoms with Crippen LogP contribution in [-0.4, -0.2) is 41.9 Å². The summed E-state index contributed by atoms with van der Waals surface area (Å²) in [5.74, 6) is -0.926. The average molecular weight is 405 g/mol. The largest absolute Gasteiger partial charge is 0.382 e. The Morgan fingerprint density at radius 3 is 2.80 bits per heavy atom. The van der Waals surface area contributed by atoms with Gasteiger partial charge in [-0.1, -0.05) is 6.07 Å². The van der Waals surface area contributed by atoms with Crippen LogP contribution in [0, 0.1) is 5.41 Å². The molecule has 1 fully saturated rings. The Labute approximate surface area is 153 Å². The summed E-state index contributed by atoms with van der Waals surface area (Å²) in [7, 11) is 1.75. The second kappa shape index (κ2) is 6.79. The Morgan fingerprint density at radius 1 is 1.40 bits per heavy atom. The molecule has 0 saturated carbocycles. The van der Waals surface area contributed by atoms with E-state index in [0.717, 1.165) is 11.1 Å². The van der Waals surface area contributed by atoms with Gasteiger partial charge in [0.15, 0.2) is 0 Å². The summed E-state index contributed by atoms with van der Waals surface area (Å²) in [6.07, 6.45) is 1.81. The van der Waals surface area contributed by atoms with E-state index in [-0.39, 0.29) is 18.2 Å². The number of nitrogens with zero attached hydrogens (tertiary/aromatic N) is 1. The maximum Gasteiger partial charge on any atom is 0.255 e. The van der Waals surface area contributed by atoms with E-state index in [9.17, 15) is 14.4 Å². The molecule has 25 heavy (non-hydrogen) atoms. The zero-order chi connectivity index (χ0) is 18.1. The molecule has 2 aliphatic rings. The summed E-state index contributed by atoms with van der Waals surface area (Å²) in [4.78, 5) is 37.5. The van der Waals surface area contributed by atoms with Crippen molar-refractivity contribution in [3.63, 3.8) is 0 Å². The van der Waals surface area contributed by atoms with Crippen LogP contribution in [0.3, 0.4) is 0 Å². The lowest BCUT2D eigenvalue weighted by Gasteiger charge is -2.29. The quantitative estimate of drug-likeness (QED) is 0.400. The summed E-state index contributed by atoms with van der Waals surface area (Å²) in [6.45, 7) is 0.316. The van der Waals surface area contributed by atoms with Gasteiger partial charge in [-0.2, -0.15) is 0 Å². The molecule has 0 aromatic heterocycles. The van der Waals surface area contributed by atoms with Crippen LogP contribution < -0.4 is 10.6 Å². The number of piperidine rings is 1. The van der Waals surface area contributed by atoms with Gasteiger partial charge in [-0.15, -0.1) is 0 Å². The fourth-order valence-corrected chi connectivity index (χ4v) is 3.49. The van der Waals surface area contributed by atoms with Gasteiger partial charge in [0.05, 0.1) is 4.61 Å². The van der Waals surface area contributed by atoms with Crippen LogP contribution in [0.2, 0.25) is 0 Å². The molecule has 1 aromatic carbocycles. The third kappa shape index (κ3) is 3.09. The molecule has 3 amide bonds. The van der Waals surface area contributed by atoms with Crippen LogP contribution in [0.25, 0.3) is 5.57 Å². The molecule has 8 heteroatoms. The van der Waals surface area contributed by atoms with Gasteiger partial charge in [0.1, 0.15) is 6.04 Å². The first-order valence-corrected chi connectivity index (χ1v) is 8.61. The van der Waals surface area contributed by atoms with Gasteiger partial charge >= 0.3 is 0 Å². The predicted molar refractivity (Wildman–Crippen MR) is 96.2 cm³/mol. The molecule has 2 heterocycles. The molecule has 1 saturated heterocycles. The predicted octanol–water partition coefficient (Wildman–Crippen LogP) is 1.38. The highest BCUT2D eigenvalue weighted by molar-refractivity contribution is 9.11. The van der Waals surface area contributed by atoms with Crippen molar-refractivity contribution in [2.75, 3.05) is 7.05 Å². The minimum Gasteiger partial charge on any atom is -0.382 e. The second-order valence-electron chi connectivity index (χ2n) is 5.89. The topological polar surface area (TPSA) is 102 Å². The molecular weight excluding hydrogens is 388 g/mol. The Hall–Kier alpha value is -2.48. The van der Waals surface area contributed by atoms with Gasteiger partial charge in [-0.05, 0) is 45.6 Å². The average Bonchev–Trinajstić information content (AvgIpc) is 2.91. The number of nitrogens with one attached hydrogen (secondary N) is 3. The zero-order valence-corrected chi connectivity index (χ0v) is 15.1. The lowest BCUT2D eigenvalue weighted by atomic mass is 10.0. The second-order valence-corrected chi connectivity index (χ2v) is 6.69. The first kappa shape index (κ1) is 17.3. The van der Waals surface area contributed by atoms with E-state index in [1.165, 1.54) is 11.1 Å². The molecule has 1 unspecified atom stereocenters. The number of imide groups is 1. The van der Waals surface area contributed by atoms with Crippen molar-refractivity contribution in [3.05, 3.63) is 39.5 Å². The molecule has 130 valence electrons. The molecule has 0 radical (unpaired) electrons. The number of fused-ring (bicyclic) bond motifs is 1. The number of carbonyl (C=O) groups is 3. The highest BCUT2D eigenvalue weighted by Crippen LogP contribution is 2.30. The van der Waals surface area contributed by atoms with Crippen molar-refractivity contribution < 1.29 is 14.4 Å². The number of benzene rings is 1. The van der Waals surface area contributed by atoms with Gasteiger partial charge < -0.3 is 15.6 Å². The van der Waals surface area contributed by atoms with Crippen LogP contribution in [0.15, 0.2) is 22.8 Å². The molecule has 0 aliphatic carbocycles. The molecule has 3 N–H and O–H groups in total. The number of allylic oxidation sites excluding steroid dienone is 1. The fraction of sp³-hybridized carbons (Fsp3) is 0.294. The number of carbonyl (C=O) groups excluding carboxylic acids is 3. The first-order chi connectivity index (χ1) is 12.0. The normalized spacial score (nSPS) is 20.8. The Balaban J connectivity index is 1.90. The van der Waals surface area contributed by atoms with Crippen molar-refractivity contribution >= 4 is 45.4 Å². The number of hydrogen-bond donors (Lipinski definition) is 3. The van der Waals surface area contributed by atoms with E-state index < -0.39 is 11.9 Å². The van der Waals surface area contributed by atoms with Gasteiger partial charge in [0.2, 0.25) is 11.8 Å². The van der Waals surface area contributed by atoms with E-state index in [1.807, 2.05) is 6.07 Å². The standard InChI is InChI=1S/C17H17BrN4O3/c1-20-15(18)12(7-19)9-2-3-11-10(6-9)8-22(17(11)25)13-4-5-14(23)21-16(13)24/h2-3,6-7,13,19-20H,4-5,8H2,1H3,(H,21,23,24)/b15-12+,19-7?. The van der Waals surface area contributed by atoms with Crippen molar-refractivity contribution in [3.8, 4) is 0 Å². The molecule has 2 aliphatic heterocycles. The van der Waals surface area contributed by atoms with Crippen molar-refractivity contribution in [1.82, 2.24) is 15.5 Å². The Kier molecular flexibility index (Phi) is 4.71. The lowest BCUT2D eigenvalue weighted by Crippen LogP contribution is -2.52. The molecule has 0 spiro atoms. The van der Waals surface area contributed by atoms with E-state index in [2.05, 4.69) is 26.6 Å². The number of hydrogen-bond acceptors (Lipinski definition) is 5. The van der Waals surface area contributed by atoms with Crippen LogP contribution >= 0.6 is 15.9 Å². The van der Waals surface area contributed by atoms with Crippen LogP contribution in [0.1, 0.15) is 34.3 Å². The minimum absolute atomic E-state index is 0.205. The van der Waals surface area contributed by atoms with Crippen molar-refractivity contribution in [2.45, 2.75) is 25.4 Å². The lowest BCUT2D eigenvalue weighted by molar-refractivity contribution is -0.136. The van der Waals surface area contributed by atoms with Gasteiger partial charge in [0.25, 0.3) is 5.91 Å². The molecular formula is C17H17BrN4O3. The van der Waals surface area contributed by atoms with Gasteiger partial charge in [-0.25, -0.2) is 0 Å². The molecule has 1 atom stereocenters. The third-order valence-corrected chi connectivity index (χ3v) is 5.26. The van der Waals surface area contributed by atoms with Crippen LogP contribution in [-0.2, 0) is 16.1 Å². The maximum absolute atomic E-state index is 12.6. The summed E-state index contributed by atoms with van der Waals surface area (Å²) >= 11 is 3.38. The molecule has 3 rings (SSSR count). The Bertz CT molecular complexity index is 818. The number of halogens is 1. The third-order valence-electron chi connectivity index (χ3n) is 4.43. The van der Waals surface area contributed by atoms with E-state index in [0.29, 0.717) is 28.7 Å². The summed E-state index contributed by atoms with van der Waals surface area (Å²) in [5, 5.41) is 12.8. The minimum atomic E-state index is -0.622. The van der Waals surface area contributed by atoms with Crippen molar-refractivity contribution in [2.24, 2.45) is 0 Å². The molecule has 1 aromatic rings. The summed E-state index contributed by atoms with van der Waals surface area (Å²) in [6, 6.07) is 4.74. The Morgan fingerprint density at radius 2 is 2.16 bits per heavy atom. The smallest absolute Gasteiger partial charge is 0.255 e. The van der Waals surface area contributed by atoms with E-state index >= 15 is 0 Å². The van der Waals surface area contributed by atoms with Crippen LogP contribution in [0.4, 0.5) is 0 Å². The highest BCUT2D eigenvalue weighted by atomic mass is 79.9. The van der Waals surface area contributed by atoms with Crippen molar-refractivity contribution in [1.29, 1.82) is 5.41 Å². The highest BCUT2D eigenvalue weighted by Gasteiger charge is 2.39. The molecule has 0 bridgehead atoms. The number of amides is 3. The SMILES string of the molecule is CN/C(Br)=C(\C=N)c1ccc2c(c1)CN(C1CCC(=O)NC1=O)C2=O. The first-order valence-electron chi connectivity index (χ1n) is 7.82. The monoisotopic (exact) mass is 404 g/mol. The number of rotatable bonds is 4. The van der Waals surface area contributed by atoms with Gasteiger partial charge in [-0.3, -0.25) is 19.7 Å². The van der Waals surface area contributed by atoms with Crippen LogP contribution in [0.5, 0.6) is 0 Å². The molecule has 7 nitrogen and oxygen atoms in total. The maximum atomic E-state index is 12.6. The zero-order valence-electron chi connectivity index (χ0n) is 13.6. The fourth-order valence-electron chi connectivity index (χ4n) is 3.15. The van der Waals surface area contributed by atoms with E-state index in [4.69, 9.17) is 5.41 Å². The summed E-state index contributed by atoms with van der Waals surface area (Å²) in [5.41, 5.74) is 2.83.